The summed E-state index contributed by atoms with van der Waals surface area (Å²) in [5.74, 6) is 1.39. The number of hydrogen-bond acceptors (Lipinski definition) is 5. The summed E-state index contributed by atoms with van der Waals surface area (Å²) < 4.78 is 11.0. The van der Waals surface area contributed by atoms with Crippen molar-refractivity contribution in [2.75, 3.05) is 39.9 Å². The zero-order chi connectivity index (χ0) is 20.2. The molecule has 0 unspecified atom stereocenters. The van der Waals surface area contributed by atoms with Gasteiger partial charge in [-0.05, 0) is 46.5 Å². The summed E-state index contributed by atoms with van der Waals surface area (Å²) in [5.41, 5.74) is 0. The third kappa shape index (κ3) is 4.35. The summed E-state index contributed by atoms with van der Waals surface area (Å²) in [4.78, 5) is 29.2. The second-order valence-electron chi connectivity index (χ2n) is 6.81. The standard InChI is InChI=1S/C22H22N2O4S/c1-27-18-6-4-16-5-7-19(14-17(16)13-18)28-15-21(25)23-8-10-24(11-9-23)22(26)20-3-2-12-29-20/h2-7,12-14H,8-11,15H2,1H3. The highest BCUT2D eigenvalue weighted by atomic mass is 32.1. The van der Waals surface area contributed by atoms with Crippen molar-refractivity contribution < 1.29 is 19.1 Å². The Balaban J connectivity index is 1.31. The molecule has 29 heavy (non-hydrogen) atoms. The van der Waals surface area contributed by atoms with Crippen LogP contribution in [-0.2, 0) is 4.79 Å². The molecule has 1 saturated heterocycles. The van der Waals surface area contributed by atoms with Crippen LogP contribution < -0.4 is 9.47 Å². The number of rotatable bonds is 5. The maximum atomic E-state index is 12.5. The maximum absolute atomic E-state index is 12.5. The lowest BCUT2D eigenvalue weighted by Crippen LogP contribution is -2.51. The van der Waals surface area contributed by atoms with Gasteiger partial charge in [-0.1, -0.05) is 18.2 Å². The van der Waals surface area contributed by atoms with Crippen LogP contribution in [0.2, 0.25) is 0 Å². The highest BCUT2D eigenvalue weighted by molar-refractivity contribution is 7.12. The summed E-state index contributed by atoms with van der Waals surface area (Å²) in [7, 11) is 1.63. The molecule has 150 valence electrons. The van der Waals surface area contributed by atoms with Crippen LogP contribution in [0.1, 0.15) is 9.67 Å². The van der Waals surface area contributed by atoms with Gasteiger partial charge in [0, 0.05) is 26.2 Å². The van der Waals surface area contributed by atoms with E-state index in [1.165, 1.54) is 11.3 Å². The van der Waals surface area contributed by atoms with Crippen molar-refractivity contribution in [2.24, 2.45) is 0 Å². The molecule has 1 aliphatic rings. The van der Waals surface area contributed by atoms with Gasteiger partial charge in [0.25, 0.3) is 11.8 Å². The van der Waals surface area contributed by atoms with Crippen LogP contribution in [0.5, 0.6) is 11.5 Å². The average Bonchev–Trinajstić information content (AvgIpc) is 3.31. The first-order valence-electron chi connectivity index (χ1n) is 9.45. The van der Waals surface area contributed by atoms with Crippen molar-refractivity contribution in [2.45, 2.75) is 0 Å². The van der Waals surface area contributed by atoms with Crippen molar-refractivity contribution in [1.82, 2.24) is 9.80 Å². The van der Waals surface area contributed by atoms with E-state index < -0.39 is 0 Å². The van der Waals surface area contributed by atoms with Crippen LogP contribution in [0.3, 0.4) is 0 Å². The third-order valence-corrected chi connectivity index (χ3v) is 5.89. The molecule has 0 atom stereocenters. The van der Waals surface area contributed by atoms with E-state index in [-0.39, 0.29) is 18.4 Å². The Labute approximate surface area is 173 Å². The Morgan fingerprint density at radius 1 is 0.931 bits per heavy atom. The molecule has 1 aliphatic heterocycles. The molecule has 1 aromatic heterocycles. The molecule has 0 radical (unpaired) electrons. The monoisotopic (exact) mass is 410 g/mol. The largest absolute Gasteiger partial charge is 0.497 e. The SMILES string of the molecule is COc1ccc2ccc(OCC(=O)N3CCN(C(=O)c4cccs4)CC3)cc2c1. The van der Waals surface area contributed by atoms with Crippen molar-refractivity contribution in [3.63, 3.8) is 0 Å². The first-order valence-corrected chi connectivity index (χ1v) is 10.3. The number of fused-ring (bicyclic) bond motifs is 1. The minimum Gasteiger partial charge on any atom is -0.497 e. The number of amides is 2. The van der Waals surface area contributed by atoms with Crippen molar-refractivity contribution >= 4 is 33.9 Å². The Morgan fingerprint density at radius 2 is 1.62 bits per heavy atom. The normalized spacial score (nSPS) is 14.1. The number of nitrogens with zero attached hydrogens (tertiary/aromatic N) is 2. The highest BCUT2D eigenvalue weighted by Gasteiger charge is 2.25. The first-order chi connectivity index (χ1) is 14.1. The van der Waals surface area contributed by atoms with Crippen LogP contribution in [0, 0.1) is 0 Å². The molecule has 2 amide bonds. The number of thiophene rings is 1. The van der Waals surface area contributed by atoms with Crippen molar-refractivity contribution in [3.8, 4) is 11.5 Å². The minimum atomic E-state index is -0.0704. The van der Waals surface area contributed by atoms with Crippen LogP contribution >= 0.6 is 11.3 Å². The van der Waals surface area contributed by atoms with E-state index in [9.17, 15) is 9.59 Å². The molecule has 0 spiro atoms. The Hall–Kier alpha value is -3.06. The summed E-state index contributed by atoms with van der Waals surface area (Å²) in [5, 5.41) is 3.97. The molecule has 0 saturated carbocycles. The van der Waals surface area contributed by atoms with E-state index in [0.29, 0.717) is 31.9 Å². The van der Waals surface area contributed by atoms with Crippen LogP contribution in [0.15, 0.2) is 53.9 Å². The van der Waals surface area contributed by atoms with E-state index in [1.807, 2.05) is 53.9 Å². The third-order valence-electron chi connectivity index (χ3n) is 5.03. The van der Waals surface area contributed by atoms with Crippen LogP contribution in [0.4, 0.5) is 0 Å². The van der Waals surface area contributed by atoms with Crippen molar-refractivity contribution in [3.05, 3.63) is 58.8 Å². The fraction of sp³-hybridized carbons (Fsp3) is 0.273. The Morgan fingerprint density at radius 3 is 2.31 bits per heavy atom. The van der Waals surface area contributed by atoms with Gasteiger partial charge >= 0.3 is 0 Å². The van der Waals surface area contributed by atoms with Gasteiger partial charge in [-0.25, -0.2) is 0 Å². The van der Waals surface area contributed by atoms with Crippen LogP contribution in [-0.4, -0.2) is 61.5 Å². The number of carbonyl (C=O) groups excluding carboxylic acids is 2. The molecule has 2 heterocycles. The van der Waals surface area contributed by atoms with Gasteiger partial charge in [0.05, 0.1) is 12.0 Å². The highest BCUT2D eigenvalue weighted by Crippen LogP contribution is 2.25. The summed E-state index contributed by atoms with van der Waals surface area (Å²) in [6.45, 7) is 2.10. The van der Waals surface area contributed by atoms with Gasteiger partial charge in [-0.3, -0.25) is 9.59 Å². The molecule has 4 rings (SSSR count). The lowest BCUT2D eigenvalue weighted by molar-refractivity contribution is -0.134. The van der Waals surface area contributed by atoms with Gasteiger partial charge in [-0.15, -0.1) is 11.3 Å². The molecule has 1 fully saturated rings. The quantitative estimate of drug-likeness (QED) is 0.648. The molecule has 7 heteroatoms. The number of methoxy groups -OCH3 is 1. The van der Waals surface area contributed by atoms with Gasteiger partial charge in [-0.2, -0.15) is 0 Å². The zero-order valence-corrected chi connectivity index (χ0v) is 17.0. The number of piperazine rings is 1. The summed E-state index contributed by atoms with van der Waals surface area (Å²) in [6, 6.07) is 15.3. The topological polar surface area (TPSA) is 59.1 Å². The first kappa shape index (κ1) is 19.3. The predicted molar refractivity (Wildman–Crippen MR) is 113 cm³/mol. The van der Waals surface area contributed by atoms with E-state index in [0.717, 1.165) is 21.4 Å². The summed E-state index contributed by atoms with van der Waals surface area (Å²) >= 11 is 1.44. The predicted octanol–water partition coefficient (Wildman–Crippen LogP) is 3.27. The number of hydrogen-bond donors (Lipinski definition) is 0. The van der Waals surface area contributed by atoms with Gasteiger partial charge < -0.3 is 19.3 Å². The van der Waals surface area contributed by atoms with Gasteiger partial charge in [0.15, 0.2) is 6.61 Å². The fourth-order valence-electron chi connectivity index (χ4n) is 3.37. The fourth-order valence-corrected chi connectivity index (χ4v) is 4.06. The van der Waals surface area contributed by atoms with E-state index in [4.69, 9.17) is 9.47 Å². The second-order valence-corrected chi connectivity index (χ2v) is 7.76. The van der Waals surface area contributed by atoms with E-state index >= 15 is 0 Å². The average molecular weight is 410 g/mol. The Kier molecular flexibility index (Phi) is 5.67. The molecular weight excluding hydrogens is 388 g/mol. The molecule has 0 N–H and O–H groups in total. The minimum absolute atomic E-state index is 0.0195. The smallest absolute Gasteiger partial charge is 0.264 e. The molecule has 6 nitrogen and oxygen atoms in total. The zero-order valence-electron chi connectivity index (χ0n) is 16.2. The molecule has 0 aliphatic carbocycles. The number of ether oxygens (including phenoxy) is 2. The van der Waals surface area contributed by atoms with Gasteiger partial charge in [0.1, 0.15) is 11.5 Å². The van der Waals surface area contributed by atoms with E-state index in [1.54, 1.807) is 16.9 Å². The van der Waals surface area contributed by atoms with Gasteiger partial charge in [0.2, 0.25) is 0 Å². The second kappa shape index (κ2) is 8.53. The molecular formula is C22H22N2O4S. The summed E-state index contributed by atoms with van der Waals surface area (Å²) in [6.07, 6.45) is 0. The van der Waals surface area contributed by atoms with Crippen molar-refractivity contribution in [1.29, 1.82) is 0 Å². The Bertz CT molecular complexity index is 1010. The molecule has 3 aromatic rings. The lowest BCUT2D eigenvalue weighted by atomic mass is 10.1. The maximum Gasteiger partial charge on any atom is 0.264 e. The lowest BCUT2D eigenvalue weighted by Gasteiger charge is -2.34. The molecule has 0 bridgehead atoms. The number of carbonyl (C=O) groups is 2. The van der Waals surface area contributed by atoms with E-state index in [2.05, 4.69) is 0 Å². The molecule has 2 aromatic carbocycles. The number of benzene rings is 2. The van der Waals surface area contributed by atoms with Crippen LogP contribution in [0.25, 0.3) is 10.8 Å².